The summed E-state index contributed by atoms with van der Waals surface area (Å²) in [6.45, 7) is 2.34. The van der Waals surface area contributed by atoms with Crippen molar-refractivity contribution >= 4 is 28.2 Å². The SMILES string of the molecule is CCOCC(Cc1ccc(OCC(=O)O)cc1)Nc1c([N+](=O)[O-])cnc2ccccc12. The van der Waals surface area contributed by atoms with Gasteiger partial charge in [-0.2, -0.15) is 0 Å². The van der Waals surface area contributed by atoms with Crippen LogP contribution in [0.2, 0.25) is 0 Å². The average molecular weight is 425 g/mol. The molecule has 0 aliphatic carbocycles. The van der Waals surface area contributed by atoms with Crippen molar-refractivity contribution in [1.82, 2.24) is 4.98 Å². The summed E-state index contributed by atoms with van der Waals surface area (Å²) in [6, 6.07) is 14.1. The summed E-state index contributed by atoms with van der Waals surface area (Å²) in [5, 5.41) is 24.3. The molecule has 1 unspecified atom stereocenters. The normalized spacial score (nSPS) is 11.8. The van der Waals surface area contributed by atoms with Gasteiger partial charge in [-0.15, -0.1) is 0 Å². The maximum Gasteiger partial charge on any atom is 0.341 e. The number of nitrogens with one attached hydrogen (secondary N) is 1. The highest BCUT2D eigenvalue weighted by molar-refractivity contribution is 5.95. The predicted molar refractivity (Wildman–Crippen MR) is 116 cm³/mol. The van der Waals surface area contributed by atoms with Gasteiger partial charge >= 0.3 is 11.7 Å². The van der Waals surface area contributed by atoms with E-state index < -0.39 is 17.5 Å². The molecule has 1 aromatic heterocycles. The number of pyridine rings is 1. The van der Waals surface area contributed by atoms with Crippen LogP contribution in [0, 0.1) is 10.1 Å². The number of nitrogens with zero attached hydrogens (tertiary/aromatic N) is 2. The van der Waals surface area contributed by atoms with Crippen LogP contribution in [-0.4, -0.2) is 46.8 Å². The summed E-state index contributed by atoms with van der Waals surface area (Å²) in [4.78, 5) is 26.0. The number of carbonyl (C=O) groups is 1. The number of hydrogen-bond donors (Lipinski definition) is 2. The van der Waals surface area contributed by atoms with Crippen LogP contribution in [0.4, 0.5) is 11.4 Å². The van der Waals surface area contributed by atoms with Crippen molar-refractivity contribution in [3.05, 3.63) is 70.4 Å². The first-order valence-corrected chi connectivity index (χ1v) is 9.78. The molecule has 0 amide bonds. The van der Waals surface area contributed by atoms with Crippen molar-refractivity contribution < 1.29 is 24.3 Å². The third-order valence-electron chi connectivity index (χ3n) is 4.59. The summed E-state index contributed by atoms with van der Waals surface area (Å²) < 4.78 is 10.8. The van der Waals surface area contributed by atoms with E-state index in [-0.39, 0.29) is 11.7 Å². The van der Waals surface area contributed by atoms with Gasteiger partial charge in [-0.05, 0) is 37.1 Å². The fraction of sp³-hybridized carbons (Fsp3) is 0.273. The molecule has 0 saturated carbocycles. The van der Waals surface area contributed by atoms with E-state index in [2.05, 4.69) is 10.3 Å². The topological polar surface area (TPSA) is 124 Å². The number of hydrogen-bond acceptors (Lipinski definition) is 7. The molecule has 0 aliphatic heterocycles. The van der Waals surface area contributed by atoms with E-state index in [9.17, 15) is 14.9 Å². The fourth-order valence-electron chi connectivity index (χ4n) is 3.19. The van der Waals surface area contributed by atoms with Crippen LogP contribution >= 0.6 is 0 Å². The van der Waals surface area contributed by atoms with Crippen LogP contribution in [0.25, 0.3) is 10.9 Å². The molecule has 9 heteroatoms. The average Bonchev–Trinajstić information content (AvgIpc) is 2.76. The Kier molecular flexibility index (Phi) is 7.34. The first kappa shape index (κ1) is 22.0. The van der Waals surface area contributed by atoms with Crippen molar-refractivity contribution in [3.8, 4) is 5.75 Å². The van der Waals surface area contributed by atoms with Crippen molar-refractivity contribution in [2.75, 3.05) is 25.1 Å². The summed E-state index contributed by atoms with van der Waals surface area (Å²) >= 11 is 0. The number of ether oxygens (including phenoxy) is 2. The van der Waals surface area contributed by atoms with Gasteiger partial charge in [0.25, 0.3) is 0 Å². The summed E-state index contributed by atoms with van der Waals surface area (Å²) in [5.74, 6) is -0.590. The summed E-state index contributed by atoms with van der Waals surface area (Å²) in [5.41, 5.74) is 1.91. The standard InChI is InChI=1S/C22H23N3O6/c1-2-30-13-16(11-15-7-9-17(10-8-15)31-14-21(26)27)24-22-18-5-3-4-6-19(18)23-12-20(22)25(28)29/h3-10,12,16H,2,11,13-14H2,1H3,(H,23,24)(H,26,27). The number of fused-ring (bicyclic) bond motifs is 1. The van der Waals surface area contributed by atoms with Crippen LogP contribution in [-0.2, 0) is 16.0 Å². The Labute approximate surface area is 178 Å². The highest BCUT2D eigenvalue weighted by atomic mass is 16.6. The predicted octanol–water partition coefficient (Wildman–Crippen LogP) is 3.67. The van der Waals surface area contributed by atoms with Crippen molar-refractivity contribution in [2.24, 2.45) is 0 Å². The molecule has 0 radical (unpaired) electrons. The van der Waals surface area contributed by atoms with Crippen molar-refractivity contribution in [3.63, 3.8) is 0 Å². The second-order valence-electron chi connectivity index (χ2n) is 6.82. The highest BCUT2D eigenvalue weighted by Gasteiger charge is 2.21. The molecule has 3 aromatic rings. The fourth-order valence-corrected chi connectivity index (χ4v) is 3.19. The Morgan fingerprint density at radius 3 is 2.65 bits per heavy atom. The molecule has 162 valence electrons. The number of carboxylic acids is 1. The number of rotatable bonds is 11. The van der Waals surface area contributed by atoms with Crippen LogP contribution in [0.1, 0.15) is 12.5 Å². The first-order chi connectivity index (χ1) is 15.0. The molecule has 1 atom stereocenters. The third kappa shape index (κ3) is 5.89. The van der Waals surface area contributed by atoms with E-state index >= 15 is 0 Å². The van der Waals surface area contributed by atoms with E-state index in [1.165, 1.54) is 6.20 Å². The van der Waals surface area contributed by atoms with Gasteiger partial charge in [0.1, 0.15) is 17.6 Å². The molecule has 2 N–H and O–H groups in total. The van der Waals surface area contributed by atoms with Crippen LogP contribution in [0.3, 0.4) is 0 Å². The molecular formula is C22H23N3O6. The minimum absolute atomic E-state index is 0.0994. The van der Waals surface area contributed by atoms with Gasteiger partial charge in [-0.1, -0.05) is 30.3 Å². The molecule has 0 bridgehead atoms. The number of para-hydroxylation sites is 1. The van der Waals surface area contributed by atoms with Gasteiger partial charge in [-0.3, -0.25) is 10.1 Å². The molecule has 0 aliphatic rings. The Hall–Kier alpha value is -3.72. The van der Waals surface area contributed by atoms with E-state index in [0.717, 1.165) is 5.56 Å². The monoisotopic (exact) mass is 425 g/mol. The molecule has 9 nitrogen and oxygen atoms in total. The molecule has 0 fully saturated rings. The zero-order valence-electron chi connectivity index (χ0n) is 17.0. The van der Waals surface area contributed by atoms with Gasteiger partial charge in [-0.25, -0.2) is 9.78 Å². The quantitative estimate of drug-likeness (QED) is 0.352. The van der Waals surface area contributed by atoms with E-state index in [4.69, 9.17) is 14.6 Å². The van der Waals surface area contributed by atoms with E-state index in [1.54, 1.807) is 24.3 Å². The number of aliphatic carboxylic acids is 1. The van der Waals surface area contributed by atoms with Crippen LogP contribution < -0.4 is 10.1 Å². The molecular weight excluding hydrogens is 402 g/mol. The smallest absolute Gasteiger partial charge is 0.341 e. The molecule has 31 heavy (non-hydrogen) atoms. The first-order valence-electron chi connectivity index (χ1n) is 9.78. The molecule has 1 heterocycles. The molecule has 2 aromatic carbocycles. The van der Waals surface area contributed by atoms with Gasteiger partial charge in [0.2, 0.25) is 0 Å². The minimum Gasteiger partial charge on any atom is -0.482 e. The van der Waals surface area contributed by atoms with E-state index in [0.29, 0.717) is 42.0 Å². The zero-order valence-corrected chi connectivity index (χ0v) is 17.0. The van der Waals surface area contributed by atoms with Gasteiger partial charge in [0.15, 0.2) is 6.61 Å². The number of benzene rings is 2. The number of aromatic nitrogens is 1. The highest BCUT2D eigenvalue weighted by Crippen LogP contribution is 2.32. The summed E-state index contributed by atoms with van der Waals surface area (Å²) in [6.07, 6.45) is 1.80. The Morgan fingerprint density at radius 2 is 1.97 bits per heavy atom. The lowest BCUT2D eigenvalue weighted by molar-refractivity contribution is -0.384. The van der Waals surface area contributed by atoms with E-state index in [1.807, 2.05) is 31.2 Å². The third-order valence-corrected chi connectivity index (χ3v) is 4.59. The molecule has 3 rings (SSSR count). The molecule has 0 saturated heterocycles. The maximum absolute atomic E-state index is 11.6. The van der Waals surface area contributed by atoms with Gasteiger partial charge in [0, 0.05) is 12.0 Å². The number of nitro groups is 1. The van der Waals surface area contributed by atoms with Crippen LogP contribution in [0.5, 0.6) is 5.75 Å². The molecule has 0 spiro atoms. The van der Waals surface area contributed by atoms with Gasteiger partial charge < -0.3 is 19.9 Å². The lowest BCUT2D eigenvalue weighted by Crippen LogP contribution is -2.28. The van der Waals surface area contributed by atoms with Crippen LogP contribution in [0.15, 0.2) is 54.7 Å². The van der Waals surface area contributed by atoms with Crippen molar-refractivity contribution in [2.45, 2.75) is 19.4 Å². The number of anilines is 1. The zero-order chi connectivity index (χ0) is 22.2. The minimum atomic E-state index is -1.05. The second-order valence-corrected chi connectivity index (χ2v) is 6.82. The lowest BCUT2D eigenvalue weighted by Gasteiger charge is -2.21. The van der Waals surface area contributed by atoms with Gasteiger partial charge in [0.05, 0.1) is 23.1 Å². The Bertz CT molecular complexity index is 1050. The largest absolute Gasteiger partial charge is 0.482 e. The van der Waals surface area contributed by atoms with Crippen molar-refractivity contribution in [1.29, 1.82) is 0 Å². The summed E-state index contributed by atoms with van der Waals surface area (Å²) in [7, 11) is 0. The number of carboxylic acid groups (broad SMARTS) is 1. The second kappa shape index (κ2) is 10.4. The Morgan fingerprint density at radius 1 is 1.23 bits per heavy atom. The Balaban J connectivity index is 1.84. The lowest BCUT2D eigenvalue weighted by atomic mass is 10.0. The maximum atomic E-state index is 11.6.